The van der Waals surface area contributed by atoms with Crippen LogP contribution in [0.15, 0.2) is 42.5 Å². The van der Waals surface area contributed by atoms with Crippen LogP contribution in [0, 0.1) is 6.92 Å². The molecule has 6 heteroatoms. The van der Waals surface area contributed by atoms with Crippen LogP contribution in [-0.2, 0) is 0 Å². The molecule has 0 saturated carbocycles. The van der Waals surface area contributed by atoms with Gasteiger partial charge in [-0.15, -0.1) is 0 Å². The third kappa shape index (κ3) is 3.66. The maximum atomic E-state index is 10.3. The molecule has 4 N–H and O–H groups in total. The highest BCUT2D eigenvalue weighted by atomic mass is 16.3. The van der Waals surface area contributed by atoms with Crippen molar-refractivity contribution in [3.05, 3.63) is 48.0 Å². The van der Waals surface area contributed by atoms with Crippen molar-refractivity contribution in [2.24, 2.45) is 0 Å². The number of aromatic nitrogens is 2. The van der Waals surface area contributed by atoms with Gasteiger partial charge in [0, 0.05) is 24.0 Å². The summed E-state index contributed by atoms with van der Waals surface area (Å²) in [5.74, 6) is 1.40. The second-order valence-corrected chi connectivity index (χ2v) is 8.13. The normalized spacial score (nSPS) is 19.9. The number of phenolic OH excluding ortho intramolecular Hbond substituents is 1. The van der Waals surface area contributed by atoms with E-state index in [0.29, 0.717) is 11.4 Å². The van der Waals surface area contributed by atoms with E-state index >= 15 is 0 Å². The van der Waals surface area contributed by atoms with Crippen molar-refractivity contribution in [3.63, 3.8) is 0 Å². The van der Waals surface area contributed by atoms with Gasteiger partial charge >= 0.3 is 0 Å². The maximum absolute atomic E-state index is 10.3. The summed E-state index contributed by atoms with van der Waals surface area (Å²) < 4.78 is 0. The van der Waals surface area contributed by atoms with Gasteiger partial charge in [-0.05, 0) is 51.5 Å². The van der Waals surface area contributed by atoms with Gasteiger partial charge in [-0.25, -0.2) is 9.97 Å². The molecule has 0 amide bonds. The predicted molar refractivity (Wildman–Crippen MR) is 111 cm³/mol. The first-order valence-electron chi connectivity index (χ1n) is 9.60. The Labute approximate surface area is 164 Å². The van der Waals surface area contributed by atoms with Gasteiger partial charge in [-0.1, -0.05) is 23.8 Å². The first-order valence-corrected chi connectivity index (χ1v) is 9.60. The third-order valence-corrected chi connectivity index (χ3v) is 5.32. The number of fused-ring (bicyclic) bond motifs is 1. The minimum absolute atomic E-state index is 0.0263. The van der Waals surface area contributed by atoms with Crippen molar-refractivity contribution in [2.75, 3.05) is 11.9 Å². The lowest BCUT2D eigenvalue weighted by molar-refractivity contribution is 0.0446. The van der Waals surface area contributed by atoms with Gasteiger partial charge in [0.05, 0.1) is 16.7 Å². The lowest BCUT2D eigenvalue weighted by Gasteiger charge is -2.25. The molecule has 28 heavy (non-hydrogen) atoms. The van der Waals surface area contributed by atoms with Crippen LogP contribution in [0.25, 0.3) is 22.3 Å². The number of phenols is 1. The number of nitrogens with one attached hydrogen (secondary N) is 2. The molecule has 1 aliphatic heterocycles. The summed E-state index contributed by atoms with van der Waals surface area (Å²) in [6, 6.07) is 13.5. The molecule has 1 aliphatic rings. The Bertz CT molecular complexity index is 1010. The molecular weight excluding hydrogens is 352 g/mol. The van der Waals surface area contributed by atoms with E-state index in [1.807, 2.05) is 57.2 Å². The number of rotatable bonds is 4. The second-order valence-electron chi connectivity index (χ2n) is 8.13. The number of aromatic hydroxyl groups is 1. The van der Waals surface area contributed by atoms with Crippen LogP contribution in [0.4, 0.5) is 5.82 Å². The average molecular weight is 378 g/mol. The summed E-state index contributed by atoms with van der Waals surface area (Å²) in [5, 5.41) is 28.4. The summed E-state index contributed by atoms with van der Waals surface area (Å²) in [6.07, 6.45) is 0.798. The van der Waals surface area contributed by atoms with Gasteiger partial charge in [-0.3, -0.25) is 0 Å². The first kappa shape index (κ1) is 18.7. The van der Waals surface area contributed by atoms with Crippen LogP contribution in [0.1, 0.15) is 25.8 Å². The highest BCUT2D eigenvalue weighted by Crippen LogP contribution is 2.32. The van der Waals surface area contributed by atoms with E-state index in [1.165, 1.54) is 0 Å². The zero-order valence-electron chi connectivity index (χ0n) is 16.4. The summed E-state index contributed by atoms with van der Waals surface area (Å²) in [4.78, 5) is 9.42. The molecule has 3 aromatic rings. The molecule has 0 bridgehead atoms. The molecule has 2 atom stereocenters. The van der Waals surface area contributed by atoms with Gasteiger partial charge in [0.25, 0.3) is 0 Å². The molecule has 2 aromatic carbocycles. The maximum Gasteiger partial charge on any atom is 0.165 e. The number of para-hydroxylation sites is 1. The lowest BCUT2D eigenvalue weighted by Crippen LogP contribution is -2.42. The van der Waals surface area contributed by atoms with Gasteiger partial charge < -0.3 is 20.8 Å². The minimum atomic E-state index is -0.775. The summed E-state index contributed by atoms with van der Waals surface area (Å²) in [5.41, 5.74) is 1.70. The van der Waals surface area contributed by atoms with Crippen LogP contribution >= 0.6 is 0 Å². The predicted octanol–water partition coefficient (Wildman–Crippen LogP) is 3.22. The Balaban J connectivity index is 1.73. The fourth-order valence-corrected chi connectivity index (χ4v) is 3.71. The summed E-state index contributed by atoms with van der Waals surface area (Å²) >= 11 is 0. The zero-order chi connectivity index (χ0) is 19.9. The van der Waals surface area contributed by atoms with E-state index in [2.05, 4.69) is 15.6 Å². The molecule has 0 aliphatic carbocycles. The van der Waals surface area contributed by atoms with Crippen LogP contribution in [-0.4, -0.2) is 44.4 Å². The van der Waals surface area contributed by atoms with E-state index in [4.69, 9.17) is 4.98 Å². The number of benzene rings is 2. The number of nitrogens with zero attached hydrogens (tertiary/aromatic N) is 2. The molecule has 1 saturated heterocycles. The van der Waals surface area contributed by atoms with Crippen LogP contribution in [0.5, 0.6) is 5.75 Å². The SMILES string of the molecule is Cc1ccc(O)c(-c2nc(N[C@@H]3CN[C@@H](C(C)(C)O)C3)c3ccccc3n2)c1. The van der Waals surface area contributed by atoms with Crippen molar-refractivity contribution >= 4 is 16.7 Å². The number of aryl methyl sites for hydroxylation is 1. The quantitative estimate of drug-likeness (QED) is 0.557. The van der Waals surface area contributed by atoms with E-state index in [-0.39, 0.29) is 17.8 Å². The highest BCUT2D eigenvalue weighted by Gasteiger charge is 2.34. The Kier molecular flexibility index (Phi) is 4.69. The smallest absolute Gasteiger partial charge is 0.165 e. The zero-order valence-corrected chi connectivity index (χ0v) is 16.4. The van der Waals surface area contributed by atoms with Crippen molar-refractivity contribution in [1.29, 1.82) is 0 Å². The van der Waals surface area contributed by atoms with Gasteiger partial charge in [0.15, 0.2) is 5.82 Å². The van der Waals surface area contributed by atoms with Gasteiger partial charge in [0.2, 0.25) is 0 Å². The average Bonchev–Trinajstić information content (AvgIpc) is 3.12. The fraction of sp³-hybridized carbons (Fsp3) is 0.364. The Hall–Kier alpha value is -2.70. The third-order valence-electron chi connectivity index (χ3n) is 5.32. The van der Waals surface area contributed by atoms with E-state index in [9.17, 15) is 10.2 Å². The lowest BCUT2D eigenvalue weighted by atomic mass is 9.96. The molecule has 0 radical (unpaired) electrons. The molecule has 2 heterocycles. The molecule has 1 aromatic heterocycles. The van der Waals surface area contributed by atoms with Gasteiger partial charge in [-0.2, -0.15) is 0 Å². The minimum Gasteiger partial charge on any atom is -0.507 e. The van der Waals surface area contributed by atoms with Crippen molar-refractivity contribution in [3.8, 4) is 17.1 Å². The first-order chi connectivity index (χ1) is 13.3. The van der Waals surface area contributed by atoms with Crippen molar-refractivity contribution in [1.82, 2.24) is 15.3 Å². The van der Waals surface area contributed by atoms with E-state index in [0.717, 1.165) is 35.2 Å². The second kappa shape index (κ2) is 7.04. The number of hydrogen-bond donors (Lipinski definition) is 4. The monoisotopic (exact) mass is 378 g/mol. The van der Waals surface area contributed by atoms with Crippen LogP contribution < -0.4 is 10.6 Å². The van der Waals surface area contributed by atoms with Gasteiger partial charge in [0.1, 0.15) is 11.6 Å². The standard InChI is InChI=1S/C22H26N4O2/c1-13-8-9-18(27)16(10-13)21-25-17-7-5-4-6-15(17)20(26-21)24-14-11-19(23-12-14)22(2,3)28/h4-10,14,19,23,27-28H,11-12H2,1-3H3,(H,24,25,26)/t14-,19+/m0/s1. The van der Waals surface area contributed by atoms with Crippen molar-refractivity contribution < 1.29 is 10.2 Å². The molecular formula is C22H26N4O2. The highest BCUT2D eigenvalue weighted by molar-refractivity contribution is 5.91. The fourth-order valence-electron chi connectivity index (χ4n) is 3.71. The van der Waals surface area contributed by atoms with Crippen LogP contribution in [0.3, 0.4) is 0 Å². The largest absolute Gasteiger partial charge is 0.507 e. The van der Waals surface area contributed by atoms with Crippen LogP contribution in [0.2, 0.25) is 0 Å². The number of hydrogen-bond acceptors (Lipinski definition) is 6. The Morgan fingerprint density at radius 1 is 1.14 bits per heavy atom. The van der Waals surface area contributed by atoms with E-state index in [1.54, 1.807) is 6.07 Å². The molecule has 4 rings (SSSR count). The van der Waals surface area contributed by atoms with E-state index < -0.39 is 5.60 Å². The molecule has 0 unspecified atom stereocenters. The summed E-state index contributed by atoms with van der Waals surface area (Å²) in [6.45, 7) is 6.37. The topological polar surface area (TPSA) is 90.3 Å². The van der Waals surface area contributed by atoms with Crippen molar-refractivity contribution in [2.45, 2.75) is 44.9 Å². The molecule has 146 valence electrons. The molecule has 1 fully saturated rings. The number of aliphatic hydroxyl groups is 1. The summed E-state index contributed by atoms with van der Waals surface area (Å²) in [7, 11) is 0. The number of anilines is 1. The Morgan fingerprint density at radius 3 is 2.68 bits per heavy atom. The molecule has 0 spiro atoms. The molecule has 6 nitrogen and oxygen atoms in total. The Morgan fingerprint density at radius 2 is 1.93 bits per heavy atom.